The predicted octanol–water partition coefficient (Wildman–Crippen LogP) is 3.23. The topological polar surface area (TPSA) is 35.0 Å². The Hall–Kier alpha value is -1.26. The largest absolute Gasteiger partial charge is 0.432 e. The van der Waals surface area contributed by atoms with Gasteiger partial charge in [-0.15, -0.1) is 0 Å². The van der Waals surface area contributed by atoms with Gasteiger partial charge in [0, 0.05) is 5.92 Å². The Balaban J connectivity index is 0.000000921. The Morgan fingerprint density at radius 1 is 1.13 bits per heavy atom. The molecule has 0 aliphatic heterocycles. The molecule has 1 rings (SSSR count). The first kappa shape index (κ1) is 13.7. The number of ether oxygens (including phenoxy) is 1. The van der Waals surface area contributed by atoms with Crippen LogP contribution >= 0.6 is 0 Å². The van der Waals surface area contributed by atoms with E-state index in [4.69, 9.17) is 0 Å². The number of halogens is 2. The molecule has 0 aliphatic rings. The molecule has 0 fully saturated rings. The summed E-state index contributed by atoms with van der Waals surface area (Å²) < 4.78 is 27.5. The number of rotatable bonds is 3. The van der Waals surface area contributed by atoms with Crippen molar-refractivity contribution in [2.24, 2.45) is 0 Å². The standard InChI is InChI=1S/C8H10F2N2O.C2H6/c1-5(2)7-11-3-6(4-12-7)13-8(9)10;1-2/h3-5,8H,1-2H3;1-2H3. The molecular formula is C10H16F2N2O. The molecule has 0 atom stereocenters. The SMILES string of the molecule is CC.CC(C)c1ncc(OC(F)F)cn1. The van der Waals surface area contributed by atoms with Crippen molar-refractivity contribution in [2.75, 3.05) is 0 Å². The second kappa shape index (κ2) is 7.09. The van der Waals surface area contributed by atoms with Gasteiger partial charge < -0.3 is 4.74 Å². The van der Waals surface area contributed by atoms with Crippen LogP contribution in [0.5, 0.6) is 5.75 Å². The van der Waals surface area contributed by atoms with Crippen LogP contribution in [0.25, 0.3) is 0 Å². The maximum Gasteiger partial charge on any atom is 0.387 e. The van der Waals surface area contributed by atoms with Crippen LogP contribution < -0.4 is 4.74 Å². The molecule has 0 unspecified atom stereocenters. The minimum absolute atomic E-state index is 0.0144. The molecule has 86 valence electrons. The molecule has 0 radical (unpaired) electrons. The van der Waals surface area contributed by atoms with Gasteiger partial charge in [-0.1, -0.05) is 27.7 Å². The van der Waals surface area contributed by atoms with Gasteiger partial charge in [0.25, 0.3) is 0 Å². The molecule has 1 aromatic rings. The molecule has 0 aliphatic carbocycles. The Morgan fingerprint density at radius 2 is 1.60 bits per heavy atom. The molecule has 5 heteroatoms. The maximum atomic E-state index is 11.7. The average Bonchev–Trinajstić information content (AvgIpc) is 2.20. The van der Waals surface area contributed by atoms with Crippen LogP contribution in [0.4, 0.5) is 8.78 Å². The summed E-state index contributed by atoms with van der Waals surface area (Å²) in [6.07, 6.45) is 2.49. The first-order valence-electron chi connectivity index (χ1n) is 4.86. The van der Waals surface area contributed by atoms with Gasteiger partial charge in [-0.05, 0) is 0 Å². The summed E-state index contributed by atoms with van der Waals surface area (Å²) in [5.41, 5.74) is 0. The number of alkyl halides is 2. The van der Waals surface area contributed by atoms with Gasteiger partial charge in [0.15, 0.2) is 5.75 Å². The van der Waals surface area contributed by atoms with Gasteiger partial charge in [-0.3, -0.25) is 0 Å². The van der Waals surface area contributed by atoms with Crippen LogP contribution in [0.3, 0.4) is 0 Å². The molecule has 1 aromatic heterocycles. The van der Waals surface area contributed by atoms with E-state index in [-0.39, 0.29) is 11.7 Å². The molecule has 0 amide bonds. The van der Waals surface area contributed by atoms with Crippen molar-refractivity contribution in [2.45, 2.75) is 40.2 Å². The van der Waals surface area contributed by atoms with Gasteiger partial charge in [0.1, 0.15) is 5.82 Å². The second-order valence-electron chi connectivity index (χ2n) is 2.81. The van der Waals surface area contributed by atoms with Crippen LogP contribution in [0.2, 0.25) is 0 Å². The summed E-state index contributed by atoms with van der Waals surface area (Å²) in [4.78, 5) is 7.72. The second-order valence-corrected chi connectivity index (χ2v) is 2.81. The monoisotopic (exact) mass is 218 g/mol. The van der Waals surface area contributed by atoms with Crippen molar-refractivity contribution in [3.63, 3.8) is 0 Å². The van der Waals surface area contributed by atoms with Gasteiger partial charge in [-0.2, -0.15) is 8.78 Å². The molecule has 0 N–H and O–H groups in total. The van der Waals surface area contributed by atoms with Crippen molar-refractivity contribution in [1.29, 1.82) is 0 Å². The molecule has 3 nitrogen and oxygen atoms in total. The Morgan fingerprint density at radius 3 is 1.93 bits per heavy atom. The summed E-state index contributed by atoms with van der Waals surface area (Å²) >= 11 is 0. The van der Waals surface area contributed by atoms with E-state index >= 15 is 0 Å². The summed E-state index contributed by atoms with van der Waals surface area (Å²) in [7, 11) is 0. The lowest BCUT2D eigenvalue weighted by Crippen LogP contribution is -2.04. The number of hydrogen-bond acceptors (Lipinski definition) is 3. The van der Waals surface area contributed by atoms with E-state index in [1.165, 1.54) is 12.4 Å². The van der Waals surface area contributed by atoms with E-state index in [1.807, 2.05) is 27.7 Å². The zero-order valence-electron chi connectivity index (χ0n) is 9.37. The predicted molar refractivity (Wildman–Crippen MR) is 54.1 cm³/mol. The van der Waals surface area contributed by atoms with Gasteiger partial charge >= 0.3 is 6.61 Å². The first-order chi connectivity index (χ1) is 7.09. The normalized spacial score (nSPS) is 9.87. The average molecular weight is 218 g/mol. The molecule has 0 aromatic carbocycles. The highest BCUT2D eigenvalue weighted by Crippen LogP contribution is 2.13. The zero-order valence-corrected chi connectivity index (χ0v) is 9.37. The summed E-state index contributed by atoms with van der Waals surface area (Å²) in [5.74, 6) is 0.779. The maximum absolute atomic E-state index is 11.7. The van der Waals surface area contributed by atoms with Gasteiger partial charge in [0.05, 0.1) is 12.4 Å². The molecule has 0 bridgehead atoms. The fourth-order valence-electron chi connectivity index (χ4n) is 0.788. The lowest BCUT2D eigenvalue weighted by Gasteiger charge is -2.05. The van der Waals surface area contributed by atoms with Crippen molar-refractivity contribution >= 4 is 0 Å². The highest BCUT2D eigenvalue weighted by atomic mass is 19.3. The summed E-state index contributed by atoms with van der Waals surface area (Å²) in [6.45, 7) is 5.01. The number of nitrogens with zero attached hydrogens (tertiary/aromatic N) is 2. The fourth-order valence-corrected chi connectivity index (χ4v) is 0.788. The Kier molecular flexibility index (Phi) is 6.49. The van der Waals surface area contributed by atoms with Crippen LogP contribution in [0, 0.1) is 0 Å². The fraction of sp³-hybridized carbons (Fsp3) is 0.600. The quantitative estimate of drug-likeness (QED) is 0.781. The van der Waals surface area contributed by atoms with Crippen molar-refractivity contribution in [3.8, 4) is 5.75 Å². The van der Waals surface area contributed by atoms with Crippen molar-refractivity contribution < 1.29 is 13.5 Å². The third-order valence-electron chi connectivity index (χ3n) is 1.39. The smallest absolute Gasteiger partial charge is 0.387 e. The zero-order chi connectivity index (χ0) is 11.8. The number of hydrogen-bond donors (Lipinski definition) is 0. The van der Waals surface area contributed by atoms with Gasteiger partial charge in [-0.25, -0.2) is 9.97 Å². The van der Waals surface area contributed by atoms with E-state index in [0.29, 0.717) is 5.82 Å². The number of aromatic nitrogens is 2. The summed E-state index contributed by atoms with van der Waals surface area (Å²) in [6, 6.07) is 0. The Labute approximate surface area is 88.5 Å². The van der Waals surface area contributed by atoms with Crippen LogP contribution in [0.1, 0.15) is 39.4 Å². The summed E-state index contributed by atoms with van der Waals surface area (Å²) in [5, 5.41) is 0. The minimum atomic E-state index is -2.83. The minimum Gasteiger partial charge on any atom is -0.432 e. The third-order valence-corrected chi connectivity index (χ3v) is 1.39. The van der Waals surface area contributed by atoms with Crippen molar-refractivity contribution in [1.82, 2.24) is 9.97 Å². The molecule has 15 heavy (non-hydrogen) atoms. The highest BCUT2D eigenvalue weighted by molar-refractivity contribution is 5.13. The lowest BCUT2D eigenvalue weighted by atomic mass is 10.2. The lowest BCUT2D eigenvalue weighted by molar-refractivity contribution is -0.0503. The molecule has 0 spiro atoms. The van der Waals surface area contributed by atoms with Crippen LogP contribution in [-0.4, -0.2) is 16.6 Å². The van der Waals surface area contributed by atoms with Crippen LogP contribution in [-0.2, 0) is 0 Å². The van der Waals surface area contributed by atoms with Crippen molar-refractivity contribution in [3.05, 3.63) is 18.2 Å². The molecule has 0 saturated carbocycles. The van der Waals surface area contributed by atoms with E-state index in [0.717, 1.165) is 0 Å². The molecule has 0 saturated heterocycles. The molecule has 1 heterocycles. The first-order valence-corrected chi connectivity index (χ1v) is 4.86. The molecular weight excluding hydrogens is 202 g/mol. The van der Waals surface area contributed by atoms with E-state index in [9.17, 15) is 8.78 Å². The third kappa shape index (κ3) is 5.24. The highest BCUT2D eigenvalue weighted by Gasteiger charge is 2.06. The van der Waals surface area contributed by atoms with E-state index in [2.05, 4.69) is 14.7 Å². The van der Waals surface area contributed by atoms with Gasteiger partial charge in [0.2, 0.25) is 0 Å². The Bertz CT molecular complexity index is 263. The van der Waals surface area contributed by atoms with E-state index < -0.39 is 6.61 Å². The van der Waals surface area contributed by atoms with E-state index in [1.54, 1.807) is 0 Å². The van der Waals surface area contributed by atoms with Crippen LogP contribution in [0.15, 0.2) is 12.4 Å².